The highest BCUT2D eigenvalue weighted by molar-refractivity contribution is 6.30. The van der Waals surface area contributed by atoms with Crippen LogP contribution in [-0.2, 0) is 0 Å². The zero-order valence-electron chi connectivity index (χ0n) is 14.1. The van der Waals surface area contributed by atoms with Crippen LogP contribution in [0.2, 0.25) is 5.02 Å². The fraction of sp³-hybridized carbons (Fsp3) is 0.300. The van der Waals surface area contributed by atoms with E-state index >= 15 is 0 Å². The number of anilines is 2. The number of allylic oxidation sites excluding steroid dienone is 1. The third-order valence-corrected chi connectivity index (χ3v) is 4.48. The number of halogens is 1. The summed E-state index contributed by atoms with van der Waals surface area (Å²) in [5.41, 5.74) is 3.57. The minimum absolute atomic E-state index is 0.201. The molecule has 0 bridgehead atoms. The van der Waals surface area contributed by atoms with Crippen LogP contribution in [0, 0.1) is 0 Å². The number of hydrogen-bond acceptors (Lipinski definition) is 3. The molecule has 5 heteroatoms. The number of pyridine rings is 1. The Balaban J connectivity index is 1.56. The summed E-state index contributed by atoms with van der Waals surface area (Å²) in [7, 11) is 0. The van der Waals surface area contributed by atoms with Crippen molar-refractivity contribution in [1.29, 1.82) is 0 Å². The van der Waals surface area contributed by atoms with Crippen molar-refractivity contribution < 1.29 is 4.79 Å². The molecule has 1 aliphatic rings. The highest BCUT2D eigenvalue weighted by atomic mass is 35.5. The van der Waals surface area contributed by atoms with Gasteiger partial charge < -0.3 is 10.6 Å². The first-order valence-electron chi connectivity index (χ1n) is 8.64. The number of rotatable bonds is 6. The number of nitrogens with zero attached hydrogens (tertiary/aromatic N) is 1. The Morgan fingerprint density at radius 3 is 2.88 bits per heavy atom. The topological polar surface area (TPSA) is 54.0 Å². The van der Waals surface area contributed by atoms with Crippen LogP contribution in [-0.4, -0.2) is 17.4 Å². The smallest absolute Gasteiger partial charge is 0.257 e. The van der Waals surface area contributed by atoms with Crippen LogP contribution in [0.25, 0.3) is 0 Å². The number of carbonyl (C=O) groups is 1. The number of benzene rings is 1. The average molecular weight is 356 g/mol. The van der Waals surface area contributed by atoms with Crippen LogP contribution in [0.3, 0.4) is 0 Å². The van der Waals surface area contributed by atoms with Crippen LogP contribution in [0.1, 0.15) is 42.5 Å². The van der Waals surface area contributed by atoms with E-state index in [0.29, 0.717) is 16.3 Å². The van der Waals surface area contributed by atoms with Gasteiger partial charge in [0.2, 0.25) is 0 Å². The van der Waals surface area contributed by atoms with E-state index in [0.717, 1.165) is 18.7 Å². The molecule has 2 N–H and O–H groups in total. The SMILES string of the molecule is O=C(Nc1cccc(Cl)c1)c1cncc(NCCC2=CCCCC2)c1. The lowest BCUT2D eigenvalue weighted by Gasteiger charge is -2.13. The van der Waals surface area contributed by atoms with Crippen LogP contribution < -0.4 is 10.6 Å². The standard InChI is InChI=1S/C20H22ClN3O/c21-17-7-4-8-18(12-17)24-20(25)16-11-19(14-22-13-16)23-10-9-15-5-2-1-3-6-15/h4-5,7-8,11-14,23H,1-3,6,9-10H2,(H,24,25). The Morgan fingerprint density at radius 1 is 1.16 bits per heavy atom. The third kappa shape index (κ3) is 5.33. The Labute approximate surface area is 153 Å². The van der Waals surface area contributed by atoms with Crippen molar-refractivity contribution in [1.82, 2.24) is 4.98 Å². The molecule has 0 saturated heterocycles. The molecule has 1 aromatic carbocycles. The molecule has 1 amide bonds. The van der Waals surface area contributed by atoms with Crippen molar-refractivity contribution in [2.75, 3.05) is 17.2 Å². The molecule has 1 aromatic heterocycles. The van der Waals surface area contributed by atoms with Crippen molar-refractivity contribution in [3.05, 3.63) is 65.0 Å². The van der Waals surface area contributed by atoms with Gasteiger partial charge >= 0.3 is 0 Å². The van der Waals surface area contributed by atoms with E-state index in [1.54, 1.807) is 36.7 Å². The molecule has 0 radical (unpaired) electrons. The summed E-state index contributed by atoms with van der Waals surface area (Å²) in [5.74, 6) is -0.201. The Kier molecular flexibility index (Phi) is 6.07. The van der Waals surface area contributed by atoms with E-state index in [1.165, 1.54) is 31.3 Å². The van der Waals surface area contributed by atoms with E-state index in [9.17, 15) is 4.79 Å². The molecule has 1 aliphatic carbocycles. The molecular formula is C20H22ClN3O. The molecule has 2 aromatic rings. The van der Waals surface area contributed by atoms with E-state index in [1.807, 2.05) is 6.07 Å². The largest absolute Gasteiger partial charge is 0.383 e. The Bertz CT molecular complexity index is 773. The number of nitrogens with one attached hydrogen (secondary N) is 2. The highest BCUT2D eigenvalue weighted by Crippen LogP contribution is 2.20. The molecule has 0 fully saturated rings. The zero-order chi connectivity index (χ0) is 17.5. The fourth-order valence-electron chi connectivity index (χ4n) is 2.93. The Hall–Kier alpha value is -2.33. The monoisotopic (exact) mass is 355 g/mol. The first-order chi connectivity index (χ1) is 12.2. The zero-order valence-corrected chi connectivity index (χ0v) is 14.9. The quantitative estimate of drug-likeness (QED) is 0.692. The van der Waals surface area contributed by atoms with Gasteiger partial charge in [-0.3, -0.25) is 9.78 Å². The van der Waals surface area contributed by atoms with Gasteiger partial charge in [-0.25, -0.2) is 0 Å². The molecule has 1 heterocycles. The van der Waals surface area contributed by atoms with Gasteiger partial charge in [-0.2, -0.15) is 0 Å². The summed E-state index contributed by atoms with van der Waals surface area (Å²) in [4.78, 5) is 16.5. The van der Waals surface area contributed by atoms with Gasteiger partial charge in [0, 0.05) is 29.6 Å². The fourth-order valence-corrected chi connectivity index (χ4v) is 3.12. The van der Waals surface area contributed by atoms with Gasteiger partial charge in [0.05, 0.1) is 11.3 Å². The maximum Gasteiger partial charge on any atom is 0.257 e. The minimum Gasteiger partial charge on any atom is -0.383 e. The number of hydrogen-bond donors (Lipinski definition) is 2. The number of carbonyl (C=O) groups excluding carboxylic acids is 1. The number of amides is 1. The lowest BCUT2D eigenvalue weighted by atomic mass is 9.97. The lowest BCUT2D eigenvalue weighted by molar-refractivity contribution is 0.102. The van der Waals surface area contributed by atoms with Crippen molar-refractivity contribution in [2.24, 2.45) is 0 Å². The predicted octanol–water partition coefficient (Wildman–Crippen LogP) is 5.29. The molecule has 0 atom stereocenters. The molecule has 0 aliphatic heterocycles. The molecule has 4 nitrogen and oxygen atoms in total. The first-order valence-corrected chi connectivity index (χ1v) is 9.02. The summed E-state index contributed by atoms with van der Waals surface area (Å²) < 4.78 is 0. The molecule has 130 valence electrons. The molecule has 3 rings (SSSR count). The van der Waals surface area contributed by atoms with Gasteiger partial charge in [0.25, 0.3) is 5.91 Å². The van der Waals surface area contributed by atoms with E-state index in [4.69, 9.17) is 11.6 Å². The van der Waals surface area contributed by atoms with Crippen LogP contribution >= 0.6 is 11.6 Å². The van der Waals surface area contributed by atoms with Gasteiger partial charge in [0.15, 0.2) is 0 Å². The second-order valence-corrected chi connectivity index (χ2v) is 6.65. The van der Waals surface area contributed by atoms with E-state index in [2.05, 4.69) is 21.7 Å². The highest BCUT2D eigenvalue weighted by Gasteiger charge is 2.08. The lowest BCUT2D eigenvalue weighted by Crippen LogP contribution is -2.13. The van der Waals surface area contributed by atoms with E-state index in [-0.39, 0.29) is 5.91 Å². The summed E-state index contributed by atoms with van der Waals surface area (Å²) in [5, 5.41) is 6.78. The molecule has 0 unspecified atom stereocenters. The van der Waals surface area contributed by atoms with Gasteiger partial charge in [-0.05, 0) is 56.4 Å². The van der Waals surface area contributed by atoms with Crippen molar-refractivity contribution in [3.63, 3.8) is 0 Å². The molecule has 25 heavy (non-hydrogen) atoms. The molecule has 0 spiro atoms. The second kappa shape index (κ2) is 8.67. The summed E-state index contributed by atoms with van der Waals surface area (Å²) in [6.45, 7) is 0.854. The second-order valence-electron chi connectivity index (χ2n) is 6.21. The maximum absolute atomic E-state index is 12.4. The van der Waals surface area contributed by atoms with E-state index < -0.39 is 0 Å². The van der Waals surface area contributed by atoms with Gasteiger partial charge in [-0.15, -0.1) is 0 Å². The van der Waals surface area contributed by atoms with Crippen LogP contribution in [0.15, 0.2) is 54.4 Å². The van der Waals surface area contributed by atoms with Crippen LogP contribution in [0.4, 0.5) is 11.4 Å². The third-order valence-electron chi connectivity index (χ3n) is 4.24. The van der Waals surface area contributed by atoms with Gasteiger partial charge in [-0.1, -0.05) is 29.3 Å². The van der Waals surface area contributed by atoms with Gasteiger partial charge in [0.1, 0.15) is 0 Å². The maximum atomic E-state index is 12.4. The average Bonchev–Trinajstić information content (AvgIpc) is 2.63. The predicted molar refractivity (Wildman–Crippen MR) is 103 cm³/mol. The normalized spacial score (nSPS) is 13.9. The minimum atomic E-state index is -0.201. The summed E-state index contributed by atoms with van der Waals surface area (Å²) >= 11 is 5.94. The summed E-state index contributed by atoms with van der Waals surface area (Å²) in [6, 6.07) is 8.91. The van der Waals surface area contributed by atoms with Crippen LogP contribution in [0.5, 0.6) is 0 Å². The van der Waals surface area contributed by atoms with Crippen molar-refractivity contribution in [3.8, 4) is 0 Å². The molecular weight excluding hydrogens is 334 g/mol. The summed E-state index contributed by atoms with van der Waals surface area (Å²) in [6.07, 6.45) is 11.7. The van der Waals surface area contributed by atoms with Crippen molar-refractivity contribution in [2.45, 2.75) is 32.1 Å². The van der Waals surface area contributed by atoms with Crippen molar-refractivity contribution >= 4 is 28.9 Å². The molecule has 0 saturated carbocycles. The number of aromatic nitrogens is 1. The first kappa shape index (κ1) is 17.5. The Morgan fingerprint density at radius 2 is 2.08 bits per heavy atom.